The molecule has 1 atom stereocenters. The average molecular weight is 262 g/mol. The fourth-order valence-corrected chi connectivity index (χ4v) is 1.77. The number of carbonyl (C=O) groups excluding carboxylic acids is 1. The molecule has 0 aromatic heterocycles. The second kappa shape index (κ2) is 6.57. The smallest absolute Gasteiger partial charge is 0.237 e. The Morgan fingerprint density at radius 3 is 2.74 bits per heavy atom. The molecule has 1 aromatic rings. The Labute approximate surface area is 114 Å². The van der Waals surface area contributed by atoms with Crippen LogP contribution in [0.2, 0.25) is 0 Å². The van der Waals surface area contributed by atoms with Crippen molar-refractivity contribution in [3.63, 3.8) is 0 Å². The van der Waals surface area contributed by atoms with Crippen molar-refractivity contribution >= 4 is 5.91 Å². The summed E-state index contributed by atoms with van der Waals surface area (Å²) >= 11 is 0. The van der Waals surface area contributed by atoms with E-state index in [-0.39, 0.29) is 11.9 Å². The van der Waals surface area contributed by atoms with Crippen molar-refractivity contribution in [3.8, 4) is 5.75 Å². The molecule has 1 fully saturated rings. The normalized spacial score (nSPS) is 16.2. The van der Waals surface area contributed by atoms with E-state index in [1.165, 1.54) is 0 Å². The van der Waals surface area contributed by atoms with Crippen molar-refractivity contribution in [3.05, 3.63) is 30.3 Å². The standard InChI is InChI=1S/C15H22N2O2/c1-12(15(18)16-13-8-9-13)17(2)10-11-19-14-6-4-3-5-7-14/h3-7,12-13H,8-11H2,1-2H3,(H,16,18). The van der Waals surface area contributed by atoms with Crippen molar-refractivity contribution in [2.75, 3.05) is 20.2 Å². The number of hydrogen-bond acceptors (Lipinski definition) is 3. The molecule has 4 heteroatoms. The van der Waals surface area contributed by atoms with E-state index in [0.717, 1.165) is 25.1 Å². The lowest BCUT2D eigenvalue weighted by Gasteiger charge is -2.23. The molecule has 1 aliphatic carbocycles. The van der Waals surface area contributed by atoms with E-state index in [1.54, 1.807) is 0 Å². The summed E-state index contributed by atoms with van der Waals surface area (Å²) < 4.78 is 5.63. The van der Waals surface area contributed by atoms with Gasteiger partial charge < -0.3 is 10.1 Å². The SMILES string of the molecule is CC(C(=O)NC1CC1)N(C)CCOc1ccccc1. The summed E-state index contributed by atoms with van der Waals surface area (Å²) in [5, 5.41) is 3.02. The van der Waals surface area contributed by atoms with E-state index >= 15 is 0 Å². The highest BCUT2D eigenvalue weighted by molar-refractivity contribution is 5.81. The molecule has 1 N–H and O–H groups in total. The molecule has 0 spiro atoms. The highest BCUT2D eigenvalue weighted by atomic mass is 16.5. The number of ether oxygens (including phenoxy) is 1. The number of likely N-dealkylation sites (N-methyl/N-ethyl adjacent to an activating group) is 1. The number of hydrogen-bond donors (Lipinski definition) is 1. The number of amides is 1. The van der Waals surface area contributed by atoms with Crippen molar-refractivity contribution in [1.29, 1.82) is 0 Å². The lowest BCUT2D eigenvalue weighted by atomic mass is 10.2. The van der Waals surface area contributed by atoms with Gasteiger partial charge in [0, 0.05) is 12.6 Å². The van der Waals surface area contributed by atoms with Crippen LogP contribution in [0, 0.1) is 0 Å². The third-order valence-electron chi connectivity index (χ3n) is 3.42. The molecule has 0 radical (unpaired) electrons. The summed E-state index contributed by atoms with van der Waals surface area (Å²) in [7, 11) is 1.95. The van der Waals surface area contributed by atoms with E-state index in [0.29, 0.717) is 12.6 Å². The summed E-state index contributed by atoms with van der Waals surface area (Å²) in [5.74, 6) is 0.982. The number of benzene rings is 1. The van der Waals surface area contributed by atoms with Crippen LogP contribution < -0.4 is 10.1 Å². The zero-order chi connectivity index (χ0) is 13.7. The summed E-state index contributed by atoms with van der Waals surface area (Å²) in [6.45, 7) is 3.25. The molecule has 1 aliphatic rings. The minimum atomic E-state index is -0.111. The van der Waals surface area contributed by atoms with Crippen LogP contribution in [0.3, 0.4) is 0 Å². The third-order valence-corrected chi connectivity index (χ3v) is 3.42. The van der Waals surface area contributed by atoms with Crippen LogP contribution in [0.4, 0.5) is 0 Å². The quantitative estimate of drug-likeness (QED) is 0.812. The van der Waals surface area contributed by atoms with Gasteiger partial charge in [-0.25, -0.2) is 0 Å². The zero-order valence-electron chi connectivity index (χ0n) is 11.6. The Kier molecular flexibility index (Phi) is 4.80. The van der Waals surface area contributed by atoms with Gasteiger partial charge in [-0.15, -0.1) is 0 Å². The van der Waals surface area contributed by atoms with Crippen LogP contribution >= 0.6 is 0 Å². The minimum absolute atomic E-state index is 0.111. The van der Waals surface area contributed by atoms with E-state index in [1.807, 2.05) is 49.2 Å². The maximum atomic E-state index is 11.9. The van der Waals surface area contributed by atoms with Gasteiger partial charge in [-0.1, -0.05) is 18.2 Å². The van der Waals surface area contributed by atoms with Crippen LogP contribution in [0.15, 0.2) is 30.3 Å². The maximum absolute atomic E-state index is 11.9. The fraction of sp³-hybridized carbons (Fsp3) is 0.533. The first-order chi connectivity index (χ1) is 9.16. The zero-order valence-corrected chi connectivity index (χ0v) is 11.6. The Morgan fingerprint density at radius 1 is 1.42 bits per heavy atom. The monoisotopic (exact) mass is 262 g/mol. The van der Waals surface area contributed by atoms with Crippen LogP contribution in [0.25, 0.3) is 0 Å². The number of carbonyl (C=O) groups is 1. The molecule has 1 amide bonds. The van der Waals surface area contributed by atoms with Crippen LogP contribution in [-0.4, -0.2) is 43.1 Å². The van der Waals surface area contributed by atoms with Crippen LogP contribution in [0.1, 0.15) is 19.8 Å². The van der Waals surface area contributed by atoms with Gasteiger partial charge in [0.15, 0.2) is 0 Å². The Hall–Kier alpha value is -1.55. The van der Waals surface area contributed by atoms with Gasteiger partial charge >= 0.3 is 0 Å². The number of nitrogens with zero attached hydrogens (tertiary/aromatic N) is 1. The summed E-state index contributed by atoms with van der Waals surface area (Å²) in [6, 6.07) is 10.0. The third kappa shape index (κ3) is 4.56. The molecule has 104 valence electrons. The van der Waals surface area contributed by atoms with Crippen molar-refractivity contribution < 1.29 is 9.53 Å². The Bertz CT molecular complexity index is 404. The van der Waals surface area contributed by atoms with Crippen LogP contribution in [0.5, 0.6) is 5.75 Å². The molecule has 0 bridgehead atoms. The van der Waals surface area contributed by atoms with E-state index in [4.69, 9.17) is 4.74 Å². The second-order valence-electron chi connectivity index (χ2n) is 5.10. The van der Waals surface area contributed by atoms with Gasteiger partial charge in [0.25, 0.3) is 0 Å². The Morgan fingerprint density at radius 2 is 2.11 bits per heavy atom. The second-order valence-corrected chi connectivity index (χ2v) is 5.10. The van der Waals surface area contributed by atoms with Gasteiger partial charge in [0.05, 0.1) is 6.04 Å². The number of nitrogens with one attached hydrogen (secondary N) is 1. The summed E-state index contributed by atoms with van der Waals surface area (Å²) in [6.07, 6.45) is 2.25. The predicted octanol–water partition coefficient (Wildman–Crippen LogP) is 1.66. The maximum Gasteiger partial charge on any atom is 0.237 e. The lowest BCUT2D eigenvalue weighted by Crippen LogP contribution is -2.45. The largest absolute Gasteiger partial charge is 0.492 e. The topological polar surface area (TPSA) is 41.6 Å². The molecule has 1 saturated carbocycles. The van der Waals surface area contributed by atoms with Gasteiger partial charge in [-0.05, 0) is 38.9 Å². The van der Waals surface area contributed by atoms with Gasteiger partial charge in [-0.2, -0.15) is 0 Å². The number of para-hydroxylation sites is 1. The first-order valence-electron chi connectivity index (χ1n) is 6.85. The fourth-order valence-electron chi connectivity index (χ4n) is 1.77. The summed E-state index contributed by atoms with van der Waals surface area (Å²) in [5.41, 5.74) is 0. The average Bonchev–Trinajstić information content (AvgIpc) is 3.22. The molecule has 1 unspecified atom stereocenters. The van der Waals surface area contributed by atoms with Crippen molar-refractivity contribution in [1.82, 2.24) is 10.2 Å². The number of rotatable bonds is 7. The van der Waals surface area contributed by atoms with Gasteiger partial charge in [-0.3, -0.25) is 9.69 Å². The minimum Gasteiger partial charge on any atom is -0.492 e. The molecule has 0 saturated heterocycles. The highest BCUT2D eigenvalue weighted by Crippen LogP contribution is 2.18. The predicted molar refractivity (Wildman–Crippen MR) is 75.2 cm³/mol. The highest BCUT2D eigenvalue weighted by Gasteiger charge is 2.26. The van der Waals surface area contributed by atoms with E-state index < -0.39 is 0 Å². The molecule has 2 rings (SSSR count). The molecule has 0 aliphatic heterocycles. The summed E-state index contributed by atoms with van der Waals surface area (Å²) in [4.78, 5) is 13.9. The van der Waals surface area contributed by atoms with Gasteiger partial charge in [0.2, 0.25) is 5.91 Å². The molecule has 1 aromatic carbocycles. The van der Waals surface area contributed by atoms with Crippen LogP contribution in [-0.2, 0) is 4.79 Å². The van der Waals surface area contributed by atoms with Crippen molar-refractivity contribution in [2.45, 2.75) is 31.8 Å². The van der Waals surface area contributed by atoms with Gasteiger partial charge in [0.1, 0.15) is 12.4 Å². The molecular formula is C15H22N2O2. The first kappa shape index (κ1) is 13.9. The van der Waals surface area contributed by atoms with E-state index in [9.17, 15) is 4.79 Å². The first-order valence-corrected chi connectivity index (χ1v) is 6.85. The van der Waals surface area contributed by atoms with Crippen molar-refractivity contribution in [2.24, 2.45) is 0 Å². The molecular weight excluding hydrogens is 240 g/mol. The molecule has 19 heavy (non-hydrogen) atoms. The molecule has 0 heterocycles. The molecule has 4 nitrogen and oxygen atoms in total. The lowest BCUT2D eigenvalue weighted by molar-refractivity contribution is -0.125. The van der Waals surface area contributed by atoms with E-state index in [2.05, 4.69) is 5.32 Å². The Balaban J connectivity index is 1.68.